The van der Waals surface area contributed by atoms with Gasteiger partial charge in [0.05, 0.1) is 36.8 Å². The van der Waals surface area contributed by atoms with Crippen molar-refractivity contribution in [2.75, 3.05) is 25.7 Å². The molecule has 3 aliphatic rings. The largest absolute Gasteiger partial charge is 0.468 e. The molecule has 0 aromatic heterocycles. The van der Waals surface area contributed by atoms with E-state index in [1.807, 2.05) is 0 Å². The van der Waals surface area contributed by atoms with Crippen molar-refractivity contribution >= 4 is 37.7 Å². The second-order valence-corrected chi connectivity index (χ2v) is 17.2. The molecule has 3 amide bonds. The number of imide groups is 1. The van der Waals surface area contributed by atoms with E-state index in [0.717, 1.165) is 4.90 Å². The van der Waals surface area contributed by atoms with Crippen LogP contribution in [0.4, 0.5) is 5.69 Å². The molecule has 3 heterocycles. The van der Waals surface area contributed by atoms with E-state index in [9.17, 15) is 19.2 Å². The molecular formula is C29H41N3O7Si. The maximum Gasteiger partial charge on any atom is 0.326 e. The quantitative estimate of drug-likeness (QED) is 0.158. The van der Waals surface area contributed by atoms with Crippen LogP contribution in [-0.4, -0.2) is 87.5 Å². The van der Waals surface area contributed by atoms with Gasteiger partial charge in [-0.15, -0.1) is 6.58 Å². The number of benzene rings is 1. The van der Waals surface area contributed by atoms with E-state index >= 15 is 0 Å². The summed E-state index contributed by atoms with van der Waals surface area (Å²) in [7, 11) is 0.197. The molecule has 40 heavy (non-hydrogen) atoms. The van der Waals surface area contributed by atoms with Crippen molar-refractivity contribution in [1.82, 2.24) is 10.2 Å². The zero-order chi connectivity index (χ0) is 29.8. The van der Waals surface area contributed by atoms with Crippen molar-refractivity contribution in [3.63, 3.8) is 0 Å². The van der Waals surface area contributed by atoms with Crippen LogP contribution in [0.15, 0.2) is 43.0 Å². The highest BCUT2D eigenvalue weighted by Gasteiger charge is 2.70. The fourth-order valence-corrected chi connectivity index (χ4v) is 7.37. The molecule has 0 spiro atoms. The van der Waals surface area contributed by atoms with E-state index in [2.05, 4.69) is 45.8 Å². The first-order valence-electron chi connectivity index (χ1n) is 13.6. The van der Waals surface area contributed by atoms with Crippen molar-refractivity contribution in [2.45, 2.75) is 75.7 Å². The molecule has 0 saturated carbocycles. The topological polar surface area (TPSA) is 114 Å². The summed E-state index contributed by atoms with van der Waals surface area (Å²) in [6, 6.07) is 7.31. The first-order chi connectivity index (χ1) is 18.7. The van der Waals surface area contributed by atoms with Gasteiger partial charge in [0.25, 0.3) is 5.91 Å². The first kappa shape index (κ1) is 30.1. The van der Waals surface area contributed by atoms with Crippen LogP contribution in [0, 0.1) is 11.8 Å². The number of carbonyl (C=O) groups is 4. The van der Waals surface area contributed by atoms with Crippen molar-refractivity contribution in [3.8, 4) is 0 Å². The summed E-state index contributed by atoms with van der Waals surface area (Å²) < 4.78 is 17.8. The standard InChI is InChI=1S/C29H41N3O7Si/c1-10-16-31-21(23(37-6)26(31)35)22(39-40(8,9)28(2,3)4)20-18-19(29(5,30-20)27(36)38-7)25(34)32(24(18)33)17-14-12-11-13-15-17/h10-15,18-23,30H,1,16H2,2-9H3/t18?,19?,20-,21+,22-,23-,29+/m1/s1. The Morgan fingerprint density at radius 3 is 2.27 bits per heavy atom. The van der Waals surface area contributed by atoms with Crippen molar-refractivity contribution in [2.24, 2.45) is 11.8 Å². The van der Waals surface area contributed by atoms with Crippen molar-refractivity contribution in [3.05, 3.63) is 43.0 Å². The fourth-order valence-electron chi connectivity index (χ4n) is 6.05. The Bertz CT molecular complexity index is 1200. The van der Waals surface area contributed by atoms with Crippen LogP contribution in [0.5, 0.6) is 0 Å². The van der Waals surface area contributed by atoms with Gasteiger partial charge in [0.15, 0.2) is 14.4 Å². The Kier molecular flexibility index (Phi) is 7.91. The van der Waals surface area contributed by atoms with Crippen LogP contribution in [0.1, 0.15) is 27.7 Å². The molecule has 1 aromatic rings. The van der Waals surface area contributed by atoms with Crippen molar-refractivity contribution in [1.29, 1.82) is 0 Å². The van der Waals surface area contributed by atoms with Crippen LogP contribution < -0.4 is 10.2 Å². The van der Waals surface area contributed by atoms with Gasteiger partial charge in [0, 0.05) is 19.7 Å². The zero-order valence-corrected chi connectivity index (χ0v) is 25.6. The summed E-state index contributed by atoms with van der Waals surface area (Å²) in [5.41, 5.74) is -1.07. The Morgan fingerprint density at radius 2 is 1.75 bits per heavy atom. The number of carbonyl (C=O) groups excluding carboxylic acids is 4. The number of nitrogens with one attached hydrogen (secondary N) is 1. The van der Waals surface area contributed by atoms with Gasteiger partial charge < -0.3 is 18.8 Å². The second kappa shape index (κ2) is 10.5. The Balaban J connectivity index is 1.88. The monoisotopic (exact) mass is 571 g/mol. The minimum absolute atomic E-state index is 0.207. The Morgan fingerprint density at radius 1 is 1.12 bits per heavy atom. The number of hydrogen-bond acceptors (Lipinski definition) is 8. The summed E-state index contributed by atoms with van der Waals surface area (Å²) >= 11 is 0. The molecule has 1 aromatic carbocycles. The fraction of sp³-hybridized carbons (Fsp3) is 0.586. The average Bonchev–Trinajstić information content (AvgIpc) is 3.36. The number of esters is 1. The summed E-state index contributed by atoms with van der Waals surface area (Å²) in [6.07, 6.45) is 0.0534. The lowest BCUT2D eigenvalue weighted by atomic mass is 9.78. The third kappa shape index (κ3) is 4.52. The molecule has 0 aliphatic carbocycles. The van der Waals surface area contributed by atoms with Crippen LogP contribution in [0.25, 0.3) is 0 Å². The highest BCUT2D eigenvalue weighted by atomic mass is 28.4. The number of nitrogens with zero attached hydrogens (tertiary/aromatic N) is 2. The van der Waals surface area contributed by atoms with E-state index in [-0.39, 0.29) is 17.5 Å². The van der Waals surface area contributed by atoms with Gasteiger partial charge in [-0.1, -0.05) is 45.0 Å². The van der Waals surface area contributed by atoms with Gasteiger partial charge in [-0.05, 0) is 37.2 Å². The third-order valence-electron chi connectivity index (χ3n) is 9.15. The van der Waals surface area contributed by atoms with E-state index in [4.69, 9.17) is 13.9 Å². The molecule has 3 fully saturated rings. The average molecular weight is 572 g/mol. The highest BCUT2D eigenvalue weighted by Crippen LogP contribution is 2.49. The molecule has 7 atom stereocenters. The minimum atomic E-state index is -2.53. The molecule has 4 rings (SSSR count). The number of anilines is 1. The summed E-state index contributed by atoms with van der Waals surface area (Å²) in [6.45, 7) is 16.1. The van der Waals surface area contributed by atoms with E-state index in [0.29, 0.717) is 5.69 Å². The molecule has 2 unspecified atom stereocenters. The predicted molar refractivity (Wildman–Crippen MR) is 152 cm³/mol. The number of methoxy groups -OCH3 is 2. The lowest BCUT2D eigenvalue weighted by Crippen LogP contribution is -2.74. The van der Waals surface area contributed by atoms with Gasteiger partial charge in [-0.2, -0.15) is 0 Å². The Labute approximate surface area is 237 Å². The second-order valence-electron chi connectivity index (χ2n) is 12.5. The van der Waals surface area contributed by atoms with Gasteiger partial charge in [0.2, 0.25) is 11.8 Å². The van der Waals surface area contributed by atoms with E-state index < -0.39 is 67.8 Å². The summed E-state index contributed by atoms with van der Waals surface area (Å²) in [4.78, 5) is 57.2. The van der Waals surface area contributed by atoms with Gasteiger partial charge in [-0.3, -0.25) is 24.5 Å². The molecule has 218 valence electrons. The number of hydrogen-bond donors (Lipinski definition) is 1. The number of para-hydroxylation sites is 1. The van der Waals surface area contributed by atoms with E-state index in [1.54, 1.807) is 48.2 Å². The third-order valence-corrected chi connectivity index (χ3v) is 13.6. The normalized spacial score (nSPS) is 31.2. The zero-order valence-electron chi connectivity index (χ0n) is 24.6. The van der Waals surface area contributed by atoms with Crippen LogP contribution in [-0.2, 0) is 33.1 Å². The lowest BCUT2D eigenvalue weighted by Gasteiger charge is -2.53. The number of ether oxygens (including phenoxy) is 2. The van der Waals surface area contributed by atoms with Crippen molar-refractivity contribution < 1.29 is 33.1 Å². The Hall–Kier alpha value is -2.86. The van der Waals surface area contributed by atoms with Crippen LogP contribution in [0.2, 0.25) is 18.1 Å². The van der Waals surface area contributed by atoms with Gasteiger partial charge >= 0.3 is 5.97 Å². The van der Waals surface area contributed by atoms with Crippen LogP contribution in [0.3, 0.4) is 0 Å². The van der Waals surface area contributed by atoms with Gasteiger partial charge in [-0.25, -0.2) is 4.90 Å². The van der Waals surface area contributed by atoms with Gasteiger partial charge in [0.1, 0.15) is 5.54 Å². The first-order valence-corrected chi connectivity index (χ1v) is 16.5. The lowest BCUT2D eigenvalue weighted by molar-refractivity contribution is -0.180. The molecule has 11 heteroatoms. The maximum absolute atomic E-state index is 14.2. The SMILES string of the molecule is C=CCN1C(=O)[C@H](OC)[C@@H]1[C@H](O[Si](C)(C)C(C)(C)C)[C@@H]1N[C@](C)(C(=O)OC)C2C(=O)N(c3ccccc3)C(=O)C21. The molecule has 0 bridgehead atoms. The minimum Gasteiger partial charge on any atom is -0.468 e. The highest BCUT2D eigenvalue weighted by molar-refractivity contribution is 6.74. The van der Waals surface area contributed by atoms with Crippen LogP contribution >= 0.6 is 0 Å². The summed E-state index contributed by atoms with van der Waals surface area (Å²) in [5, 5.41) is 3.13. The molecule has 3 aliphatic heterocycles. The number of rotatable bonds is 9. The maximum atomic E-state index is 14.2. The molecule has 0 radical (unpaired) electrons. The molecule has 3 saturated heterocycles. The predicted octanol–water partition coefficient (Wildman–Crippen LogP) is 2.50. The molecule has 10 nitrogen and oxygen atoms in total. The molecular weight excluding hydrogens is 530 g/mol. The van der Waals surface area contributed by atoms with E-state index in [1.165, 1.54) is 14.2 Å². The number of β-lactam (4-membered cyclic amide) rings is 1. The number of likely N-dealkylation sites (tertiary alicyclic amines) is 1. The molecule has 1 N–H and O–H groups in total. The number of amides is 3. The summed E-state index contributed by atoms with van der Waals surface area (Å²) in [5.74, 6) is -3.74. The number of fused-ring (bicyclic) bond motifs is 1. The smallest absolute Gasteiger partial charge is 0.326 e.